The van der Waals surface area contributed by atoms with E-state index in [1.54, 1.807) is 11.8 Å². The molecule has 5 heteroatoms. The Labute approximate surface area is 181 Å². The summed E-state index contributed by atoms with van der Waals surface area (Å²) in [4.78, 5) is 2.19. The molecule has 0 aromatic heterocycles. The van der Waals surface area contributed by atoms with Crippen molar-refractivity contribution in [3.05, 3.63) is 48.5 Å². The minimum Gasteiger partial charge on any atom is -0.417 e. The predicted octanol–water partition coefficient (Wildman–Crippen LogP) is 8.77. The Morgan fingerprint density at radius 3 is 1.72 bits per heavy atom. The van der Waals surface area contributed by atoms with Crippen molar-refractivity contribution >= 4 is 20.4 Å². The average molecular weight is 433 g/mol. The van der Waals surface area contributed by atoms with Gasteiger partial charge in [0.1, 0.15) is 11.5 Å². The van der Waals surface area contributed by atoms with Crippen molar-refractivity contribution in [2.24, 2.45) is 0 Å². The van der Waals surface area contributed by atoms with Crippen LogP contribution in [0.1, 0.15) is 71.1 Å². The Kier molecular flexibility index (Phi) is 10.2. The first-order valence-corrected chi connectivity index (χ1v) is 12.9. The third-order valence-corrected chi connectivity index (χ3v) is 7.16. The lowest BCUT2D eigenvalue weighted by Crippen LogP contribution is -2.04. The molecule has 3 rings (SSSR count). The quantitative estimate of drug-likeness (QED) is 0.247. The van der Waals surface area contributed by atoms with Crippen LogP contribution in [-0.2, 0) is 4.52 Å². The molecule has 29 heavy (non-hydrogen) atoms. The summed E-state index contributed by atoms with van der Waals surface area (Å²) in [7, 11) is -1.44. The smallest absolute Gasteiger partial charge is 0.417 e. The van der Waals surface area contributed by atoms with Crippen molar-refractivity contribution in [1.29, 1.82) is 0 Å². The number of para-hydroxylation sites is 2. The first-order valence-electron chi connectivity index (χ1n) is 11.0. The molecular formula is C24H33O3PS. The van der Waals surface area contributed by atoms with Crippen LogP contribution in [0.15, 0.2) is 58.3 Å². The van der Waals surface area contributed by atoms with Crippen molar-refractivity contribution in [2.45, 2.75) is 80.9 Å². The normalized spacial score (nSPS) is 13.6. The van der Waals surface area contributed by atoms with Gasteiger partial charge in [-0.2, -0.15) is 0 Å². The van der Waals surface area contributed by atoms with E-state index in [4.69, 9.17) is 13.6 Å². The maximum absolute atomic E-state index is 6.09. The zero-order valence-corrected chi connectivity index (χ0v) is 19.2. The number of hydrogen-bond donors (Lipinski definition) is 0. The van der Waals surface area contributed by atoms with Gasteiger partial charge in [0.15, 0.2) is 0 Å². The standard InChI is InChI=1S/C24H33O3PS/c1-2-3-4-5-6-7-8-9-10-15-20-25-28-26-21-16-11-13-18-23(21)29-24-19-14-12-17-22(24)27-28/h11-14,16-19H,2-10,15,20H2,1H3. The highest BCUT2D eigenvalue weighted by atomic mass is 32.2. The van der Waals surface area contributed by atoms with Gasteiger partial charge in [0, 0.05) is 0 Å². The number of fused-ring (bicyclic) bond motifs is 2. The summed E-state index contributed by atoms with van der Waals surface area (Å²) in [6, 6.07) is 16.2. The fraction of sp³-hybridized carbons (Fsp3) is 0.500. The summed E-state index contributed by atoms with van der Waals surface area (Å²) >= 11 is 1.67. The molecule has 1 heterocycles. The second-order valence-electron chi connectivity index (χ2n) is 7.42. The molecule has 0 N–H and O–H groups in total. The highest BCUT2D eigenvalue weighted by Gasteiger charge is 2.24. The van der Waals surface area contributed by atoms with Crippen molar-refractivity contribution < 1.29 is 13.6 Å². The Morgan fingerprint density at radius 1 is 0.690 bits per heavy atom. The SMILES string of the molecule is CCCCCCCCCCCCOP1Oc2ccccc2Sc2ccccc2O1. The predicted molar refractivity (Wildman–Crippen MR) is 123 cm³/mol. The number of rotatable bonds is 12. The van der Waals surface area contributed by atoms with Gasteiger partial charge in [-0.1, -0.05) is 101 Å². The summed E-state index contributed by atoms with van der Waals surface area (Å²) in [6.07, 6.45) is 13.2. The molecule has 0 radical (unpaired) electrons. The second-order valence-corrected chi connectivity index (χ2v) is 9.57. The Morgan fingerprint density at radius 2 is 1.17 bits per heavy atom. The molecule has 1 aliphatic heterocycles. The number of hydrogen-bond acceptors (Lipinski definition) is 4. The van der Waals surface area contributed by atoms with Crippen LogP contribution >= 0.6 is 20.4 Å². The van der Waals surface area contributed by atoms with Crippen LogP contribution in [0.4, 0.5) is 0 Å². The maximum Gasteiger partial charge on any atom is 0.463 e. The molecule has 0 unspecified atom stereocenters. The average Bonchev–Trinajstić information content (AvgIpc) is 2.73. The molecule has 0 bridgehead atoms. The molecular weight excluding hydrogens is 399 g/mol. The lowest BCUT2D eigenvalue weighted by molar-refractivity contribution is 0.255. The van der Waals surface area contributed by atoms with E-state index in [1.807, 2.05) is 36.4 Å². The van der Waals surface area contributed by atoms with Crippen LogP contribution in [-0.4, -0.2) is 6.61 Å². The van der Waals surface area contributed by atoms with Crippen LogP contribution in [0.3, 0.4) is 0 Å². The van der Waals surface area contributed by atoms with Gasteiger partial charge in [-0.25, -0.2) is 0 Å². The minimum absolute atomic E-state index is 0.680. The summed E-state index contributed by atoms with van der Waals surface area (Å²) in [5.74, 6) is 1.67. The van der Waals surface area contributed by atoms with Crippen LogP contribution in [0.25, 0.3) is 0 Å². The van der Waals surface area contributed by atoms with E-state index >= 15 is 0 Å². The van der Waals surface area contributed by atoms with Gasteiger partial charge < -0.3 is 9.05 Å². The molecule has 2 aromatic rings. The molecule has 2 aromatic carbocycles. The van der Waals surface area contributed by atoms with E-state index in [9.17, 15) is 0 Å². The summed E-state index contributed by atoms with van der Waals surface area (Å²) < 4.78 is 18.2. The van der Waals surface area contributed by atoms with Crippen molar-refractivity contribution in [1.82, 2.24) is 0 Å². The van der Waals surface area contributed by atoms with Gasteiger partial charge >= 0.3 is 8.60 Å². The molecule has 1 aliphatic rings. The van der Waals surface area contributed by atoms with Crippen LogP contribution in [0.2, 0.25) is 0 Å². The highest BCUT2D eigenvalue weighted by molar-refractivity contribution is 7.99. The molecule has 0 amide bonds. The lowest BCUT2D eigenvalue weighted by atomic mass is 10.1. The third kappa shape index (κ3) is 7.85. The molecule has 158 valence electrons. The molecule has 0 atom stereocenters. The van der Waals surface area contributed by atoms with Crippen molar-refractivity contribution in [2.75, 3.05) is 6.61 Å². The van der Waals surface area contributed by atoms with Gasteiger partial charge in [-0.15, -0.1) is 0 Å². The van der Waals surface area contributed by atoms with Crippen LogP contribution in [0, 0.1) is 0 Å². The van der Waals surface area contributed by atoms with Crippen LogP contribution in [0.5, 0.6) is 11.5 Å². The second kappa shape index (κ2) is 13.2. The first-order chi connectivity index (χ1) is 14.4. The Bertz CT molecular complexity index is 677. The molecule has 3 nitrogen and oxygen atoms in total. The number of benzene rings is 2. The molecule has 0 saturated heterocycles. The summed E-state index contributed by atoms with van der Waals surface area (Å²) in [5, 5.41) is 0. The molecule has 0 spiro atoms. The van der Waals surface area contributed by atoms with Gasteiger partial charge in [-0.3, -0.25) is 4.52 Å². The van der Waals surface area contributed by atoms with E-state index in [2.05, 4.69) is 19.1 Å². The van der Waals surface area contributed by atoms with Crippen molar-refractivity contribution in [3.8, 4) is 11.5 Å². The topological polar surface area (TPSA) is 27.7 Å². The maximum atomic E-state index is 6.09. The summed E-state index contributed by atoms with van der Waals surface area (Å²) in [5.41, 5.74) is 0. The largest absolute Gasteiger partial charge is 0.463 e. The Hall–Kier alpha value is -1.22. The highest BCUT2D eigenvalue weighted by Crippen LogP contribution is 2.51. The zero-order chi connectivity index (χ0) is 20.2. The van der Waals surface area contributed by atoms with Crippen LogP contribution < -0.4 is 9.05 Å². The van der Waals surface area contributed by atoms with Crippen molar-refractivity contribution in [3.63, 3.8) is 0 Å². The zero-order valence-electron chi connectivity index (χ0n) is 17.5. The van der Waals surface area contributed by atoms with E-state index in [0.717, 1.165) is 27.7 Å². The van der Waals surface area contributed by atoms with Gasteiger partial charge in [0.05, 0.1) is 16.4 Å². The monoisotopic (exact) mass is 432 g/mol. The lowest BCUT2D eigenvalue weighted by Gasteiger charge is -2.23. The fourth-order valence-corrected chi connectivity index (χ4v) is 5.43. The summed E-state index contributed by atoms with van der Waals surface area (Å²) in [6.45, 7) is 2.95. The molecule has 0 fully saturated rings. The van der Waals surface area contributed by atoms with E-state index in [1.165, 1.54) is 57.8 Å². The first kappa shape index (κ1) is 22.5. The van der Waals surface area contributed by atoms with Gasteiger partial charge in [0.2, 0.25) is 0 Å². The van der Waals surface area contributed by atoms with E-state index in [-0.39, 0.29) is 0 Å². The number of unbranched alkanes of at least 4 members (excludes halogenated alkanes) is 9. The molecule has 0 saturated carbocycles. The van der Waals surface area contributed by atoms with Gasteiger partial charge in [0.25, 0.3) is 0 Å². The minimum atomic E-state index is -1.44. The van der Waals surface area contributed by atoms with Gasteiger partial charge in [-0.05, 0) is 30.7 Å². The Balaban J connectivity index is 1.39. The van der Waals surface area contributed by atoms with E-state index < -0.39 is 8.60 Å². The fourth-order valence-electron chi connectivity index (χ4n) is 3.30. The molecule has 0 aliphatic carbocycles. The third-order valence-electron chi connectivity index (χ3n) is 4.96. The van der Waals surface area contributed by atoms with E-state index in [0.29, 0.717) is 6.61 Å².